The van der Waals surface area contributed by atoms with E-state index in [4.69, 9.17) is 20.1 Å². The third kappa shape index (κ3) is 6.60. The number of aromatic nitrogens is 4. The highest BCUT2D eigenvalue weighted by molar-refractivity contribution is 5.92. The maximum atomic E-state index is 13.1. The van der Waals surface area contributed by atoms with Crippen LogP contribution in [0.1, 0.15) is 39.8 Å². The van der Waals surface area contributed by atoms with Gasteiger partial charge in [0, 0.05) is 50.2 Å². The van der Waals surface area contributed by atoms with Crippen molar-refractivity contribution < 1.29 is 37.5 Å². The fraction of sp³-hybridized carbons (Fsp3) is 0.348. The van der Waals surface area contributed by atoms with E-state index in [-0.39, 0.29) is 11.4 Å². The summed E-state index contributed by atoms with van der Waals surface area (Å²) in [6, 6.07) is 7.13. The number of hydrogen-bond acceptors (Lipinski definition) is 8. The van der Waals surface area contributed by atoms with Gasteiger partial charge in [-0.25, -0.2) is 29.6 Å². The Kier molecular flexibility index (Phi) is 7.87. The van der Waals surface area contributed by atoms with E-state index in [1.807, 2.05) is 17.0 Å². The number of fused-ring (bicyclic) bond motifs is 1. The van der Waals surface area contributed by atoms with Crippen LogP contribution in [0.5, 0.6) is 0 Å². The van der Waals surface area contributed by atoms with Gasteiger partial charge in [-0.2, -0.15) is 13.2 Å². The average molecular weight is 537 g/mol. The Hall–Kier alpha value is -4.11. The fourth-order valence-corrected chi connectivity index (χ4v) is 3.97. The monoisotopic (exact) mass is 537 g/mol. The van der Waals surface area contributed by atoms with Crippen LogP contribution in [-0.2, 0) is 24.4 Å². The molecule has 1 aliphatic heterocycles. The lowest BCUT2D eigenvalue weighted by Crippen LogP contribution is -2.34. The second-order valence-corrected chi connectivity index (χ2v) is 8.66. The number of carboxylic acids is 1. The Balaban J connectivity index is 0.000000426. The number of carbonyl (C=O) groups is 2. The number of imidazole rings is 1. The summed E-state index contributed by atoms with van der Waals surface area (Å²) in [6.07, 6.45) is 0.814. The van der Waals surface area contributed by atoms with Crippen LogP contribution in [0, 0.1) is 5.82 Å². The van der Waals surface area contributed by atoms with Crippen LogP contribution in [0.4, 0.5) is 23.5 Å². The van der Waals surface area contributed by atoms with E-state index in [0.29, 0.717) is 31.0 Å². The van der Waals surface area contributed by atoms with Crippen LogP contribution < -0.4 is 15.7 Å². The summed E-state index contributed by atoms with van der Waals surface area (Å²) in [5.74, 6) is -1.72. The number of amides is 1. The summed E-state index contributed by atoms with van der Waals surface area (Å²) in [4.78, 5) is 35.5. The zero-order chi connectivity index (χ0) is 27.4. The summed E-state index contributed by atoms with van der Waals surface area (Å²) >= 11 is 0. The first-order chi connectivity index (χ1) is 18.0. The van der Waals surface area contributed by atoms with Crippen LogP contribution in [0.15, 0.2) is 42.9 Å². The molecule has 1 fully saturated rings. The molecule has 2 atom stereocenters. The van der Waals surface area contributed by atoms with Gasteiger partial charge in [0.05, 0.1) is 17.8 Å². The van der Waals surface area contributed by atoms with Crippen molar-refractivity contribution in [1.82, 2.24) is 30.3 Å². The van der Waals surface area contributed by atoms with E-state index >= 15 is 0 Å². The Bertz CT molecular complexity index is 1280. The molecule has 38 heavy (non-hydrogen) atoms. The topological polar surface area (TPSA) is 145 Å². The SMILES string of the molecule is O=C(NO)c1cnc(N2CCn3cc(CNC4CC4c4ccc(F)cc4)nc3C2)nc1.O=C(O)C(F)(F)F. The minimum absolute atomic E-state index is 0.192. The Morgan fingerprint density at radius 3 is 2.37 bits per heavy atom. The third-order valence-electron chi connectivity index (χ3n) is 6.01. The van der Waals surface area contributed by atoms with Gasteiger partial charge in [-0.05, 0) is 24.1 Å². The molecule has 2 aromatic heterocycles. The quantitative estimate of drug-likeness (QED) is 0.211. The summed E-state index contributed by atoms with van der Waals surface area (Å²) in [7, 11) is 0. The Labute approximate surface area is 213 Å². The van der Waals surface area contributed by atoms with Crippen molar-refractivity contribution in [2.75, 3.05) is 11.4 Å². The summed E-state index contributed by atoms with van der Waals surface area (Å²) in [5, 5.41) is 19.4. The number of nitrogens with one attached hydrogen (secondary N) is 2. The molecule has 3 heterocycles. The number of anilines is 1. The van der Waals surface area contributed by atoms with Crippen LogP contribution in [0.25, 0.3) is 0 Å². The van der Waals surface area contributed by atoms with Crippen molar-refractivity contribution in [3.8, 4) is 0 Å². The van der Waals surface area contributed by atoms with Gasteiger partial charge in [0.15, 0.2) is 0 Å². The summed E-state index contributed by atoms with van der Waals surface area (Å²) < 4.78 is 47.0. The minimum atomic E-state index is -5.08. The number of benzene rings is 1. The number of alkyl halides is 3. The highest BCUT2D eigenvalue weighted by Crippen LogP contribution is 2.40. The van der Waals surface area contributed by atoms with Gasteiger partial charge in [0.25, 0.3) is 5.91 Å². The molecule has 1 amide bonds. The number of halogens is 4. The van der Waals surface area contributed by atoms with Crippen molar-refractivity contribution >= 4 is 17.8 Å². The number of rotatable bonds is 6. The van der Waals surface area contributed by atoms with Crippen molar-refractivity contribution in [3.05, 3.63) is 71.3 Å². The molecule has 5 rings (SSSR count). The fourth-order valence-electron chi connectivity index (χ4n) is 3.97. The van der Waals surface area contributed by atoms with Gasteiger partial charge >= 0.3 is 12.1 Å². The maximum absolute atomic E-state index is 13.1. The van der Waals surface area contributed by atoms with E-state index in [1.54, 1.807) is 5.48 Å². The van der Waals surface area contributed by atoms with Crippen molar-refractivity contribution in [3.63, 3.8) is 0 Å². The predicted octanol–water partition coefficient (Wildman–Crippen LogP) is 2.23. The minimum Gasteiger partial charge on any atom is -0.475 e. The number of hydrogen-bond donors (Lipinski definition) is 4. The molecule has 2 aliphatic rings. The lowest BCUT2D eigenvalue weighted by atomic mass is 10.1. The van der Waals surface area contributed by atoms with Gasteiger partial charge in [-0.15, -0.1) is 0 Å². The van der Waals surface area contributed by atoms with Gasteiger partial charge in [-0.1, -0.05) is 12.1 Å². The molecule has 202 valence electrons. The number of carbonyl (C=O) groups excluding carboxylic acids is 1. The number of aliphatic carboxylic acids is 1. The molecule has 2 unspecified atom stereocenters. The number of hydroxylamine groups is 1. The van der Waals surface area contributed by atoms with Gasteiger partial charge in [-0.3, -0.25) is 10.0 Å². The molecule has 0 saturated heterocycles. The second-order valence-electron chi connectivity index (χ2n) is 8.66. The molecule has 0 spiro atoms. The zero-order valence-corrected chi connectivity index (χ0v) is 19.7. The van der Waals surface area contributed by atoms with Crippen molar-refractivity contribution in [2.24, 2.45) is 0 Å². The Morgan fingerprint density at radius 2 is 1.76 bits per heavy atom. The van der Waals surface area contributed by atoms with E-state index in [2.05, 4.69) is 26.0 Å². The zero-order valence-electron chi connectivity index (χ0n) is 19.7. The molecule has 0 bridgehead atoms. The molecular formula is C23H23F4N7O4. The van der Waals surface area contributed by atoms with E-state index in [1.165, 1.54) is 30.1 Å². The number of nitrogens with zero attached hydrogens (tertiary/aromatic N) is 5. The molecule has 1 aliphatic carbocycles. The highest BCUT2D eigenvalue weighted by Gasteiger charge is 2.38. The molecular weight excluding hydrogens is 514 g/mol. The molecule has 4 N–H and O–H groups in total. The largest absolute Gasteiger partial charge is 0.490 e. The Morgan fingerprint density at radius 1 is 1.11 bits per heavy atom. The molecule has 0 radical (unpaired) electrons. The lowest BCUT2D eigenvalue weighted by molar-refractivity contribution is -0.192. The molecule has 11 nitrogen and oxygen atoms in total. The maximum Gasteiger partial charge on any atom is 0.490 e. The lowest BCUT2D eigenvalue weighted by Gasteiger charge is -2.27. The smallest absolute Gasteiger partial charge is 0.475 e. The first kappa shape index (κ1) is 26.9. The first-order valence-electron chi connectivity index (χ1n) is 11.4. The standard InChI is InChI=1S/C21H22FN7O2.C2HF3O2/c22-15-3-1-13(2-4-15)17-7-18(17)23-10-16-11-28-5-6-29(12-19(28)26-16)21-24-8-14(9-25-21)20(30)27-31;3-2(4,5)1(6)7/h1-4,8-9,11,17-18,23,31H,5-7,10,12H2,(H,27,30);(H,6,7). The van der Waals surface area contributed by atoms with Crippen molar-refractivity contribution in [2.45, 2.75) is 44.2 Å². The van der Waals surface area contributed by atoms with E-state index < -0.39 is 18.1 Å². The van der Waals surface area contributed by atoms with Crippen LogP contribution in [-0.4, -0.2) is 60.5 Å². The summed E-state index contributed by atoms with van der Waals surface area (Å²) in [5.41, 5.74) is 3.91. The van der Waals surface area contributed by atoms with E-state index in [0.717, 1.165) is 31.0 Å². The van der Waals surface area contributed by atoms with Crippen LogP contribution >= 0.6 is 0 Å². The van der Waals surface area contributed by atoms with E-state index in [9.17, 15) is 22.4 Å². The van der Waals surface area contributed by atoms with Crippen molar-refractivity contribution in [1.29, 1.82) is 0 Å². The average Bonchev–Trinajstić information content (AvgIpc) is 3.56. The predicted molar refractivity (Wildman–Crippen MR) is 123 cm³/mol. The first-order valence-corrected chi connectivity index (χ1v) is 11.4. The molecule has 15 heteroatoms. The van der Waals surface area contributed by atoms with Gasteiger partial charge in [0.2, 0.25) is 5.95 Å². The normalized spacial score (nSPS) is 18.2. The number of carboxylic acid groups (broad SMARTS) is 1. The van der Waals surface area contributed by atoms with Gasteiger partial charge in [0.1, 0.15) is 11.6 Å². The third-order valence-corrected chi connectivity index (χ3v) is 6.01. The molecule has 1 saturated carbocycles. The molecule has 1 aromatic carbocycles. The highest BCUT2D eigenvalue weighted by atomic mass is 19.4. The summed E-state index contributed by atoms with van der Waals surface area (Å²) in [6.45, 7) is 2.76. The van der Waals surface area contributed by atoms with Crippen LogP contribution in [0.3, 0.4) is 0 Å². The molecule has 3 aromatic rings. The van der Waals surface area contributed by atoms with Gasteiger partial charge < -0.3 is 19.9 Å². The second kappa shape index (κ2) is 11.1. The van der Waals surface area contributed by atoms with Crippen LogP contribution in [0.2, 0.25) is 0 Å².